The standard InChI is InChI=1S/C15H19N3O2/c1-15(2,11-16)18-8-6-17(7-9-18)14(20)12-4-3-5-13(19)10-12/h3-5,10,19H,6-9H2,1-2H3. The van der Waals surface area contributed by atoms with E-state index in [1.54, 1.807) is 23.1 Å². The zero-order valence-electron chi connectivity index (χ0n) is 11.8. The van der Waals surface area contributed by atoms with E-state index in [9.17, 15) is 9.90 Å². The number of carbonyl (C=O) groups is 1. The Morgan fingerprint density at radius 2 is 1.95 bits per heavy atom. The molecule has 0 spiro atoms. The molecule has 1 aromatic carbocycles. The average molecular weight is 273 g/mol. The van der Waals surface area contributed by atoms with E-state index in [0.717, 1.165) is 0 Å². The zero-order valence-corrected chi connectivity index (χ0v) is 11.8. The third-order valence-electron chi connectivity index (χ3n) is 3.72. The van der Waals surface area contributed by atoms with E-state index in [2.05, 4.69) is 11.0 Å². The lowest BCUT2D eigenvalue weighted by Crippen LogP contribution is -2.55. The summed E-state index contributed by atoms with van der Waals surface area (Å²) in [5.41, 5.74) is -0.00171. The van der Waals surface area contributed by atoms with Crippen molar-refractivity contribution in [1.82, 2.24) is 9.80 Å². The van der Waals surface area contributed by atoms with Crippen molar-refractivity contribution >= 4 is 5.91 Å². The summed E-state index contributed by atoms with van der Waals surface area (Å²) in [6, 6.07) is 8.68. The molecule has 0 unspecified atom stereocenters. The normalized spacial score (nSPS) is 16.8. The van der Waals surface area contributed by atoms with Crippen LogP contribution in [0, 0.1) is 11.3 Å². The van der Waals surface area contributed by atoms with Gasteiger partial charge in [0.25, 0.3) is 5.91 Å². The van der Waals surface area contributed by atoms with Crippen molar-refractivity contribution in [1.29, 1.82) is 5.26 Å². The van der Waals surface area contributed by atoms with E-state index in [-0.39, 0.29) is 11.7 Å². The Kier molecular flexibility index (Phi) is 3.96. The van der Waals surface area contributed by atoms with Gasteiger partial charge >= 0.3 is 0 Å². The van der Waals surface area contributed by atoms with Crippen LogP contribution in [0.4, 0.5) is 0 Å². The summed E-state index contributed by atoms with van der Waals surface area (Å²) >= 11 is 0. The third kappa shape index (κ3) is 2.91. The van der Waals surface area contributed by atoms with Gasteiger partial charge in [-0.2, -0.15) is 5.26 Å². The molecule has 1 amide bonds. The van der Waals surface area contributed by atoms with Gasteiger partial charge in [-0.15, -0.1) is 0 Å². The SMILES string of the molecule is CC(C)(C#N)N1CCN(C(=O)c2cccc(O)c2)CC1. The molecule has 106 valence electrons. The maximum atomic E-state index is 12.3. The Morgan fingerprint density at radius 1 is 1.30 bits per heavy atom. The molecular weight excluding hydrogens is 254 g/mol. The Bertz CT molecular complexity index is 540. The second-order valence-corrected chi connectivity index (χ2v) is 5.50. The number of nitriles is 1. The van der Waals surface area contributed by atoms with Crippen LogP contribution in [0.15, 0.2) is 24.3 Å². The first-order chi connectivity index (χ1) is 9.44. The predicted octanol–water partition coefficient (Wildman–Crippen LogP) is 1.45. The maximum Gasteiger partial charge on any atom is 0.254 e. The van der Waals surface area contributed by atoms with E-state index in [1.807, 2.05) is 13.8 Å². The van der Waals surface area contributed by atoms with Crippen molar-refractivity contribution in [3.05, 3.63) is 29.8 Å². The Morgan fingerprint density at radius 3 is 2.50 bits per heavy atom. The minimum atomic E-state index is -0.500. The molecule has 1 heterocycles. The van der Waals surface area contributed by atoms with Gasteiger partial charge in [0, 0.05) is 31.7 Å². The molecule has 1 aliphatic rings. The van der Waals surface area contributed by atoms with Gasteiger partial charge in [0.05, 0.1) is 6.07 Å². The van der Waals surface area contributed by atoms with Gasteiger partial charge in [0.2, 0.25) is 0 Å². The summed E-state index contributed by atoms with van der Waals surface area (Å²) in [5.74, 6) is 0.0235. The number of hydrogen-bond acceptors (Lipinski definition) is 4. The van der Waals surface area contributed by atoms with Crippen molar-refractivity contribution in [2.45, 2.75) is 19.4 Å². The largest absolute Gasteiger partial charge is 0.508 e. The lowest BCUT2D eigenvalue weighted by molar-refractivity contribution is 0.0520. The molecule has 1 N–H and O–H groups in total. The van der Waals surface area contributed by atoms with Crippen LogP contribution >= 0.6 is 0 Å². The third-order valence-corrected chi connectivity index (χ3v) is 3.72. The summed E-state index contributed by atoms with van der Waals surface area (Å²) in [6.07, 6.45) is 0. The molecule has 20 heavy (non-hydrogen) atoms. The molecule has 5 heteroatoms. The topological polar surface area (TPSA) is 67.6 Å². The number of piperazine rings is 1. The molecule has 0 aromatic heterocycles. The number of aromatic hydroxyl groups is 1. The molecule has 1 aliphatic heterocycles. The number of benzene rings is 1. The van der Waals surface area contributed by atoms with Gasteiger partial charge in [-0.3, -0.25) is 9.69 Å². The molecule has 0 bridgehead atoms. The summed E-state index contributed by atoms with van der Waals surface area (Å²) in [5, 5.41) is 18.6. The molecule has 1 saturated heterocycles. The molecule has 5 nitrogen and oxygen atoms in total. The zero-order chi connectivity index (χ0) is 14.8. The number of phenols is 1. The Labute approximate surface area is 119 Å². The summed E-state index contributed by atoms with van der Waals surface area (Å²) < 4.78 is 0. The fourth-order valence-corrected chi connectivity index (χ4v) is 2.36. The molecule has 2 rings (SSSR count). The van der Waals surface area contributed by atoms with E-state index < -0.39 is 5.54 Å². The number of carbonyl (C=O) groups excluding carboxylic acids is 1. The van der Waals surface area contributed by atoms with Crippen LogP contribution in [0.2, 0.25) is 0 Å². The number of hydrogen-bond donors (Lipinski definition) is 1. The van der Waals surface area contributed by atoms with Gasteiger partial charge in [-0.25, -0.2) is 0 Å². The van der Waals surface area contributed by atoms with E-state index in [4.69, 9.17) is 5.26 Å². The first kappa shape index (κ1) is 14.4. The minimum absolute atomic E-state index is 0.0738. The summed E-state index contributed by atoms with van der Waals surface area (Å²) in [4.78, 5) is 16.2. The van der Waals surface area contributed by atoms with Crippen LogP contribution in [-0.2, 0) is 0 Å². The summed E-state index contributed by atoms with van der Waals surface area (Å²) in [7, 11) is 0. The van der Waals surface area contributed by atoms with Crippen LogP contribution in [0.3, 0.4) is 0 Å². The fraction of sp³-hybridized carbons (Fsp3) is 0.467. The smallest absolute Gasteiger partial charge is 0.254 e. The van der Waals surface area contributed by atoms with Crippen LogP contribution in [0.25, 0.3) is 0 Å². The molecule has 0 saturated carbocycles. The van der Waals surface area contributed by atoms with Crippen molar-refractivity contribution in [3.8, 4) is 11.8 Å². The number of amides is 1. The molecule has 0 radical (unpaired) electrons. The van der Waals surface area contributed by atoms with Crippen molar-refractivity contribution in [2.75, 3.05) is 26.2 Å². The first-order valence-corrected chi connectivity index (χ1v) is 6.68. The number of rotatable bonds is 2. The van der Waals surface area contributed by atoms with Crippen molar-refractivity contribution < 1.29 is 9.90 Å². The van der Waals surface area contributed by atoms with Gasteiger partial charge in [-0.1, -0.05) is 6.07 Å². The van der Waals surface area contributed by atoms with Gasteiger partial charge in [0.1, 0.15) is 11.3 Å². The predicted molar refractivity (Wildman–Crippen MR) is 75.3 cm³/mol. The van der Waals surface area contributed by atoms with Crippen LogP contribution in [-0.4, -0.2) is 52.5 Å². The fourth-order valence-electron chi connectivity index (χ4n) is 2.36. The lowest BCUT2D eigenvalue weighted by atomic mass is 10.0. The number of nitrogens with zero attached hydrogens (tertiary/aromatic N) is 3. The second-order valence-electron chi connectivity index (χ2n) is 5.50. The summed E-state index contributed by atoms with van der Waals surface area (Å²) in [6.45, 7) is 6.34. The maximum absolute atomic E-state index is 12.3. The molecule has 0 atom stereocenters. The molecule has 1 aromatic rings. The van der Waals surface area contributed by atoms with Gasteiger partial charge in [-0.05, 0) is 32.0 Å². The van der Waals surface area contributed by atoms with E-state index in [0.29, 0.717) is 31.7 Å². The van der Waals surface area contributed by atoms with Crippen molar-refractivity contribution in [3.63, 3.8) is 0 Å². The molecule has 0 aliphatic carbocycles. The van der Waals surface area contributed by atoms with Gasteiger partial charge in [0.15, 0.2) is 0 Å². The number of phenolic OH excluding ortho intramolecular Hbond substituents is 1. The monoisotopic (exact) mass is 273 g/mol. The van der Waals surface area contributed by atoms with E-state index >= 15 is 0 Å². The Balaban J connectivity index is 2.01. The van der Waals surface area contributed by atoms with Gasteiger partial charge < -0.3 is 10.0 Å². The van der Waals surface area contributed by atoms with Crippen LogP contribution < -0.4 is 0 Å². The highest BCUT2D eigenvalue weighted by Crippen LogP contribution is 2.18. The average Bonchev–Trinajstić information content (AvgIpc) is 2.46. The van der Waals surface area contributed by atoms with Crippen LogP contribution in [0.1, 0.15) is 24.2 Å². The lowest BCUT2D eigenvalue weighted by Gasteiger charge is -2.40. The van der Waals surface area contributed by atoms with E-state index in [1.165, 1.54) is 6.07 Å². The Hall–Kier alpha value is -2.06. The molecule has 1 fully saturated rings. The highest BCUT2D eigenvalue weighted by Gasteiger charge is 2.31. The second kappa shape index (κ2) is 5.51. The highest BCUT2D eigenvalue weighted by atomic mass is 16.3. The minimum Gasteiger partial charge on any atom is -0.508 e. The molecular formula is C15H19N3O2. The quantitative estimate of drug-likeness (QED) is 0.885. The highest BCUT2D eigenvalue weighted by molar-refractivity contribution is 5.94. The first-order valence-electron chi connectivity index (χ1n) is 6.68. The van der Waals surface area contributed by atoms with Crippen LogP contribution in [0.5, 0.6) is 5.75 Å². The van der Waals surface area contributed by atoms with Crippen molar-refractivity contribution in [2.24, 2.45) is 0 Å².